The Morgan fingerprint density at radius 1 is 1.32 bits per heavy atom. The third-order valence-corrected chi connectivity index (χ3v) is 6.11. The number of hydrogen-bond donors (Lipinski definition) is 1. The molecule has 1 heterocycles. The Balaban J connectivity index is 1.42. The topological polar surface area (TPSA) is 51.5 Å². The minimum absolute atomic E-state index is 0.0871. The van der Waals surface area contributed by atoms with Gasteiger partial charge in [0.2, 0.25) is 5.91 Å². The van der Waals surface area contributed by atoms with Crippen molar-refractivity contribution in [3.8, 4) is 0 Å². The van der Waals surface area contributed by atoms with Gasteiger partial charge in [-0.05, 0) is 68.4 Å². The van der Waals surface area contributed by atoms with E-state index in [1.54, 1.807) is 13.4 Å². The zero-order valence-corrected chi connectivity index (χ0v) is 13.2. The molecule has 4 bridgehead atoms. The molecule has 4 heteroatoms. The molecule has 1 atom stereocenters. The average molecular weight is 303 g/mol. The highest BCUT2D eigenvalue weighted by molar-refractivity contribution is 5.83. The SMILES string of the molecule is CO[C@@H](CNC(=O)C12CC3CC(CC(C3)C1)C2)c1ccco1. The molecule has 1 aromatic heterocycles. The van der Waals surface area contributed by atoms with Crippen LogP contribution in [0.15, 0.2) is 22.8 Å². The number of rotatable bonds is 5. The molecule has 4 aliphatic carbocycles. The summed E-state index contributed by atoms with van der Waals surface area (Å²) in [5, 5.41) is 3.16. The summed E-state index contributed by atoms with van der Waals surface area (Å²) < 4.78 is 10.8. The summed E-state index contributed by atoms with van der Waals surface area (Å²) in [4.78, 5) is 12.9. The first-order valence-electron chi connectivity index (χ1n) is 8.53. The molecule has 0 aromatic carbocycles. The zero-order chi connectivity index (χ0) is 15.2. The Bertz CT molecular complexity index is 501. The molecular weight excluding hydrogens is 278 g/mol. The van der Waals surface area contributed by atoms with Crippen molar-refractivity contribution in [3.05, 3.63) is 24.2 Å². The molecule has 0 unspecified atom stereocenters. The van der Waals surface area contributed by atoms with E-state index >= 15 is 0 Å². The first-order valence-corrected chi connectivity index (χ1v) is 8.53. The largest absolute Gasteiger partial charge is 0.467 e. The summed E-state index contributed by atoms with van der Waals surface area (Å²) >= 11 is 0. The van der Waals surface area contributed by atoms with Gasteiger partial charge in [0.25, 0.3) is 0 Å². The zero-order valence-electron chi connectivity index (χ0n) is 13.2. The maximum absolute atomic E-state index is 12.9. The number of methoxy groups -OCH3 is 1. The van der Waals surface area contributed by atoms with Crippen molar-refractivity contribution in [2.24, 2.45) is 23.2 Å². The molecule has 1 N–H and O–H groups in total. The van der Waals surface area contributed by atoms with Gasteiger partial charge in [-0.2, -0.15) is 0 Å². The highest BCUT2D eigenvalue weighted by Crippen LogP contribution is 2.60. The normalized spacial score (nSPS) is 37.2. The predicted octanol–water partition coefficient (Wildman–Crippen LogP) is 3.30. The number of nitrogens with one attached hydrogen (secondary N) is 1. The summed E-state index contributed by atoms with van der Waals surface area (Å²) in [5.74, 6) is 3.40. The molecule has 4 fully saturated rings. The van der Waals surface area contributed by atoms with E-state index in [1.165, 1.54) is 19.3 Å². The quantitative estimate of drug-likeness (QED) is 0.908. The lowest BCUT2D eigenvalue weighted by atomic mass is 9.49. The molecule has 4 saturated carbocycles. The van der Waals surface area contributed by atoms with Crippen molar-refractivity contribution < 1.29 is 13.9 Å². The van der Waals surface area contributed by atoms with E-state index in [0.29, 0.717) is 6.54 Å². The maximum atomic E-state index is 12.9. The van der Waals surface area contributed by atoms with Crippen LogP contribution in [-0.4, -0.2) is 19.6 Å². The molecule has 1 amide bonds. The van der Waals surface area contributed by atoms with Gasteiger partial charge >= 0.3 is 0 Å². The Labute approximate surface area is 131 Å². The number of carbonyl (C=O) groups excluding carboxylic acids is 1. The smallest absolute Gasteiger partial charge is 0.226 e. The fourth-order valence-electron chi connectivity index (χ4n) is 5.54. The van der Waals surface area contributed by atoms with Crippen molar-refractivity contribution in [1.82, 2.24) is 5.32 Å². The van der Waals surface area contributed by atoms with Crippen LogP contribution in [0.5, 0.6) is 0 Å². The monoisotopic (exact) mass is 303 g/mol. The van der Waals surface area contributed by atoms with Crippen molar-refractivity contribution >= 4 is 5.91 Å². The lowest BCUT2D eigenvalue weighted by Crippen LogP contribution is -2.54. The first-order chi connectivity index (χ1) is 10.7. The van der Waals surface area contributed by atoms with Crippen molar-refractivity contribution in [2.45, 2.75) is 44.6 Å². The third kappa shape index (κ3) is 2.37. The van der Waals surface area contributed by atoms with Gasteiger partial charge in [-0.1, -0.05) is 0 Å². The van der Waals surface area contributed by atoms with E-state index in [9.17, 15) is 4.79 Å². The Hall–Kier alpha value is -1.29. The van der Waals surface area contributed by atoms with E-state index in [-0.39, 0.29) is 17.4 Å². The molecule has 4 nitrogen and oxygen atoms in total. The number of amides is 1. The first kappa shape index (κ1) is 14.3. The molecule has 0 radical (unpaired) electrons. The minimum Gasteiger partial charge on any atom is -0.467 e. The summed E-state index contributed by atoms with van der Waals surface area (Å²) in [6.07, 6.45) is 8.82. The second kappa shape index (κ2) is 5.41. The molecule has 5 rings (SSSR count). The average Bonchev–Trinajstić information content (AvgIpc) is 3.00. The van der Waals surface area contributed by atoms with Crippen LogP contribution in [0.2, 0.25) is 0 Å². The van der Waals surface area contributed by atoms with Crippen LogP contribution in [0, 0.1) is 23.2 Å². The summed E-state index contributed by atoms with van der Waals surface area (Å²) in [6.45, 7) is 0.491. The van der Waals surface area contributed by atoms with Gasteiger partial charge in [-0.25, -0.2) is 0 Å². The summed E-state index contributed by atoms with van der Waals surface area (Å²) in [6, 6.07) is 3.74. The Morgan fingerprint density at radius 3 is 2.45 bits per heavy atom. The van der Waals surface area contributed by atoms with E-state index in [4.69, 9.17) is 9.15 Å². The molecule has 120 valence electrons. The Morgan fingerprint density at radius 2 is 1.95 bits per heavy atom. The lowest BCUT2D eigenvalue weighted by Gasteiger charge is -2.55. The van der Waals surface area contributed by atoms with Crippen LogP contribution in [0.4, 0.5) is 0 Å². The second-order valence-corrected chi connectivity index (χ2v) is 7.65. The van der Waals surface area contributed by atoms with Crippen molar-refractivity contribution in [2.75, 3.05) is 13.7 Å². The summed E-state index contributed by atoms with van der Waals surface area (Å²) in [5.41, 5.74) is -0.0871. The standard InChI is InChI=1S/C18H25NO3/c1-21-16(15-3-2-4-22-15)11-19-17(20)18-8-12-5-13(9-18)7-14(6-12)10-18/h2-4,12-14,16H,5-11H2,1H3,(H,19,20)/t12?,13?,14?,16-,18?/m0/s1. The number of furan rings is 1. The van der Waals surface area contributed by atoms with Crippen molar-refractivity contribution in [3.63, 3.8) is 0 Å². The lowest BCUT2D eigenvalue weighted by molar-refractivity contribution is -0.146. The Kier molecular flexibility index (Phi) is 3.52. The van der Waals surface area contributed by atoms with E-state index in [2.05, 4.69) is 5.32 Å². The van der Waals surface area contributed by atoms with Gasteiger partial charge in [-0.3, -0.25) is 4.79 Å². The van der Waals surface area contributed by atoms with Gasteiger partial charge in [0, 0.05) is 12.5 Å². The van der Waals surface area contributed by atoms with Gasteiger partial charge in [-0.15, -0.1) is 0 Å². The highest BCUT2D eigenvalue weighted by Gasteiger charge is 2.54. The second-order valence-electron chi connectivity index (χ2n) is 7.65. The van der Waals surface area contributed by atoms with E-state index in [0.717, 1.165) is 42.8 Å². The van der Waals surface area contributed by atoms with Crippen LogP contribution in [0.1, 0.15) is 50.4 Å². The molecule has 0 aliphatic heterocycles. The van der Waals surface area contributed by atoms with Gasteiger partial charge in [0.05, 0.1) is 12.8 Å². The van der Waals surface area contributed by atoms with Crippen LogP contribution in [-0.2, 0) is 9.53 Å². The predicted molar refractivity (Wildman–Crippen MR) is 82.1 cm³/mol. The molecule has 0 spiro atoms. The molecule has 1 aromatic rings. The summed E-state index contributed by atoms with van der Waals surface area (Å²) in [7, 11) is 1.66. The van der Waals surface area contributed by atoms with Gasteiger partial charge < -0.3 is 14.5 Å². The van der Waals surface area contributed by atoms with Crippen LogP contribution in [0.25, 0.3) is 0 Å². The number of ether oxygens (including phenoxy) is 1. The van der Waals surface area contributed by atoms with Crippen LogP contribution < -0.4 is 5.32 Å². The molecule has 22 heavy (non-hydrogen) atoms. The van der Waals surface area contributed by atoms with Gasteiger partial charge in [0.1, 0.15) is 11.9 Å². The fraction of sp³-hybridized carbons (Fsp3) is 0.722. The number of hydrogen-bond acceptors (Lipinski definition) is 3. The van der Waals surface area contributed by atoms with Crippen molar-refractivity contribution in [1.29, 1.82) is 0 Å². The van der Waals surface area contributed by atoms with E-state index < -0.39 is 0 Å². The highest BCUT2D eigenvalue weighted by atomic mass is 16.5. The number of carbonyl (C=O) groups is 1. The van der Waals surface area contributed by atoms with Crippen LogP contribution in [0.3, 0.4) is 0 Å². The molecule has 4 aliphatic rings. The molecule has 0 saturated heterocycles. The molecular formula is C18H25NO3. The third-order valence-electron chi connectivity index (χ3n) is 6.11. The fourth-order valence-corrected chi connectivity index (χ4v) is 5.54. The van der Waals surface area contributed by atoms with Gasteiger partial charge in [0.15, 0.2) is 0 Å². The minimum atomic E-state index is -0.201. The maximum Gasteiger partial charge on any atom is 0.226 e. The van der Waals surface area contributed by atoms with Crippen LogP contribution >= 0.6 is 0 Å². The van der Waals surface area contributed by atoms with E-state index in [1.807, 2.05) is 12.1 Å².